The molecule has 0 heterocycles. The molecule has 0 aromatic rings. The van der Waals surface area contributed by atoms with Crippen molar-refractivity contribution in [2.75, 3.05) is 0 Å². The van der Waals surface area contributed by atoms with E-state index in [1.807, 2.05) is 0 Å². The monoisotopic (exact) mass is 220 g/mol. The first-order valence-corrected chi connectivity index (χ1v) is 5.38. The third-order valence-electron chi connectivity index (χ3n) is 1.52. The van der Waals surface area contributed by atoms with E-state index in [0.29, 0.717) is 6.42 Å². The van der Waals surface area contributed by atoms with Gasteiger partial charge in [-0.15, -0.1) is 0 Å². The zero-order valence-corrected chi connectivity index (χ0v) is 10.2. The first-order valence-electron chi connectivity index (χ1n) is 5.38. The molecular weight excluding hydrogens is 196 g/mol. The minimum Gasteiger partial charge on any atom is -0.481 e. The van der Waals surface area contributed by atoms with Crippen LogP contribution in [0, 0.1) is 0 Å². The zero-order chi connectivity index (χ0) is 12.3. The van der Waals surface area contributed by atoms with E-state index in [2.05, 4.69) is 11.8 Å². The van der Waals surface area contributed by atoms with Crippen LogP contribution < -0.4 is 0 Å². The molecule has 4 heteroatoms. The topological polar surface area (TPSA) is 66.8 Å². The van der Waals surface area contributed by atoms with E-state index in [0.717, 1.165) is 19.3 Å². The Labute approximate surface area is 92.2 Å². The lowest BCUT2D eigenvalue weighted by Gasteiger charge is -2.10. The molecule has 0 rings (SSSR count). The molecule has 0 atom stereocenters. The van der Waals surface area contributed by atoms with Crippen molar-refractivity contribution in [1.82, 2.24) is 0 Å². The summed E-state index contributed by atoms with van der Waals surface area (Å²) in [4.78, 5) is 13.9. The molecule has 0 aliphatic rings. The summed E-state index contributed by atoms with van der Waals surface area (Å²) in [6, 6.07) is 0. The van der Waals surface area contributed by atoms with Crippen LogP contribution in [0.5, 0.6) is 0 Å². The van der Waals surface area contributed by atoms with E-state index in [9.17, 15) is 4.79 Å². The largest absolute Gasteiger partial charge is 0.481 e. The van der Waals surface area contributed by atoms with Gasteiger partial charge in [-0.25, -0.2) is 4.89 Å². The van der Waals surface area contributed by atoms with Crippen molar-refractivity contribution in [2.45, 2.75) is 65.4 Å². The Balaban J connectivity index is 0. The second kappa shape index (κ2) is 9.93. The van der Waals surface area contributed by atoms with Crippen molar-refractivity contribution in [1.29, 1.82) is 0 Å². The standard InChI is InChI=1S/C7H14O2.C4H10O2/c1-2-3-4-5-6-7(8)9;1-4(2,3)6-5/h2-6H2,1H3,(H,8,9);5H,1-3H3. The van der Waals surface area contributed by atoms with Gasteiger partial charge in [-0.2, -0.15) is 0 Å². The third-order valence-corrected chi connectivity index (χ3v) is 1.52. The molecule has 4 nitrogen and oxygen atoms in total. The summed E-state index contributed by atoms with van der Waals surface area (Å²) in [5, 5.41) is 16.1. The van der Waals surface area contributed by atoms with Crippen molar-refractivity contribution < 1.29 is 20.0 Å². The molecule has 0 aromatic carbocycles. The molecule has 0 aliphatic carbocycles. The van der Waals surface area contributed by atoms with Crippen molar-refractivity contribution in [3.8, 4) is 0 Å². The van der Waals surface area contributed by atoms with Crippen molar-refractivity contribution in [3.63, 3.8) is 0 Å². The van der Waals surface area contributed by atoms with Gasteiger partial charge < -0.3 is 5.11 Å². The highest BCUT2D eigenvalue weighted by molar-refractivity contribution is 5.66. The van der Waals surface area contributed by atoms with Gasteiger partial charge in [0.25, 0.3) is 0 Å². The van der Waals surface area contributed by atoms with Gasteiger partial charge in [0, 0.05) is 6.42 Å². The number of unbranched alkanes of at least 4 members (excludes halogenated alkanes) is 3. The smallest absolute Gasteiger partial charge is 0.303 e. The summed E-state index contributed by atoms with van der Waals surface area (Å²) in [6.07, 6.45) is 4.55. The molecule has 0 aromatic heterocycles. The van der Waals surface area contributed by atoms with Crippen LogP contribution in [-0.4, -0.2) is 21.9 Å². The Morgan fingerprint density at radius 2 is 1.67 bits per heavy atom. The summed E-state index contributed by atoms with van der Waals surface area (Å²) in [5.41, 5.74) is -0.403. The highest BCUT2D eigenvalue weighted by Crippen LogP contribution is 2.02. The molecular formula is C11H24O4. The summed E-state index contributed by atoms with van der Waals surface area (Å²) < 4.78 is 0. The molecule has 0 saturated heterocycles. The van der Waals surface area contributed by atoms with E-state index in [-0.39, 0.29) is 0 Å². The van der Waals surface area contributed by atoms with Crippen molar-refractivity contribution >= 4 is 5.97 Å². The van der Waals surface area contributed by atoms with Crippen LogP contribution in [0.4, 0.5) is 0 Å². The van der Waals surface area contributed by atoms with Crippen LogP contribution in [0.1, 0.15) is 59.8 Å². The number of carbonyl (C=O) groups is 1. The number of rotatable bonds is 5. The van der Waals surface area contributed by atoms with Gasteiger partial charge in [0.2, 0.25) is 0 Å². The van der Waals surface area contributed by atoms with Crippen LogP contribution in [0.2, 0.25) is 0 Å². The SMILES string of the molecule is CC(C)(C)OO.CCCCCCC(=O)O. The second-order valence-corrected chi connectivity index (χ2v) is 4.41. The molecule has 0 bridgehead atoms. The van der Waals surface area contributed by atoms with Crippen LogP contribution in [0.3, 0.4) is 0 Å². The van der Waals surface area contributed by atoms with Crippen LogP contribution in [-0.2, 0) is 9.68 Å². The summed E-state index contributed by atoms with van der Waals surface area (Å²) in [5.74, 6) is -0.675. The van der Waals surface area contributed by atoms with Gasteiger partial charge in [0.1, 0.15) is 0 Å². The Morgan fingerprint density at radius 3 is 1.93 bits per heavy atom. The van der Waals surface area contributed by atoms with E-state index in [1.54, 1.807) is 20.8 Å². The molecule has 0 unspecified atom stereocenters. The van der Waals surface area contributed by atoms with E-state index >= 15 is 0 Å². The first-order chi connectivity index (χ1) is 6.83. The fraction of sp³-hybridized carbons (Fsp3) is 0.909. The van der Waals surface area contributed by atoms with Crippen LogP contribution >= 0.6 is 0 Å². The van der Waals surface area contributed by atoms with Gasteiger partial charge in [-0.3, -0.25) is 10.1 Å². The fourth-order valence-corrected chi connectivity index (χ4v) is 0.703. The molecule has 0 aliphatic heterocycles. The molecule has 0 fully saturated rings. The van der Waals surface area contributed by atoms with Gasteiger partial charge in [-0.1, -0.05) is 26.2 Å². The van der Waals surface area contributed by atoms with Gasteiger partial charge in [0.15, 0.2) is 0 Å². The Morgan fingerprint density at radius 1 is 1.20 bits per heavy atom. The molecule has 92 valence electrons. The van der Waals surface area contributed by atoms with Crippen molar-refractivity contribution in [3.05, 3.63) is 0 Å². The number of carboxylic acids is 1. The lowest BCUT2D eigenvalue weighted by atomic mass is 10.2. The molecule has 0 amide bonds. The first kappa shape index (κ1) is 16.8. The Kier molecular flexibility index (Phi) is 11.1. The molecule has 2 N–H and O–H groups in total. The van der Waals surface area contributed by atoms with E-state index < -0.39 is 11.6 Å². The fourth-order valence-electron chi connectivity index (χ4n) is 0.703. The minimum absolute atomic E-state index is 0.333. The minimum atomic E-state index is -0.675. The Hall–Kier alpha value is -0.610. The lowest BCUT2D eigenvalue weighted by Crippen LogP contribution is -2.15. The number of aliphatic carboxylic acids is 1. The molecule has 0 radical (unpaired) electrons. The molecule has 15 heavy (non-hydrogen) atoms. The Bertz CT molecular complexity index is 149. The van der Waals surface area contributed by atoms with E-state index in [1.165, 1.54) is 6.42 Å². The second-order valence-electron chi connectivity index (χ2n) is 4.41. The van der Waals surface area contributed by atoms with E-state index in [4.69, 9.17) is 10.4 Å². The maximum atomic E-state index is 9.96. The van der Waals surface area contributed by atoms with Crippen LogP contribution in [0.25, 0.3) is 0 Å². The van der Waals surface area contributed by atoms with Gasteiger partial charge in [0.05, 0.1) is 5.60 Å². The number of hydrogen-bond acceptors (Lipinski definition) is 3. The molecule has 0 spiro atoms. The average molecular weight is 220 g/mol. The predicted molar refractivity (Wildman–Crippen MR) is 59.9 cm³/mol. The van der Waals surface area contributed by atoms with Crippen molar-refractivity contribution in [2.24, 2.45) is 0 Å². The maximum Gasteiger partial charge on any atom is 0.303 e. The lowest BCUT2D eigenvalue weighted by molar-refractivity contribution is -0.306. The number of hydrogen-bond donors (Lipinski definition) is 2. The summed E-state index contributed by atoms with van der Waals surface area (Å²) >= 11 is 0. The van der Waals surface area contributed by atoms with Gasteiger partial charge >= 0.3 is 5.97 Å². The highest BCUT2D eigenvalue weighted by Gasteiger charge is 2.06. The zero-order valence-electron chi connectivity index (χ0n) is 10.2. The third kappa shape index (κ3) is 24.7. The normalized spacial score (nSPS) is 10.5. The van der Waals surface area contributed by atoms with Gasteiger partial charge in [-0.05, 0) is 27.2 Å². The summed E-state index contributed by atoms with van der Waals surface area (Å²) in [6.45, 7) is 7.42. The molecule has 0 saturated carbocycles. The predicted octanol–water partition coefficient (Wildman–Crippen LogP) is 3.32. The average Bonchev–Trinajstić information content (AvgIpc) is 2.12. The highest BCUT2D eigenvalue weighted by atomic mass is 17.1. The summed E-state index contributed by atoms with van der Waals surface area (Å²) in [7, 11) is 0. The number of carboxylic acid groups (broad SMARTS) is 1. The quantitative estimate of drug-likeness (QED) is 0.424. The van der Waals surface area contributed by atoms with Crippen LogP contribution in [0.15, 0.2) is 0 Å². The maximum absolute atomic E-state index is 9.96.